The maximum Gasteiger partial charge on any atom is 0.254 e. The van der Waals surface area contributed by atoms with Gasteiger partial charge in [0.15, 0.2) is 0 Å². The number of carbonyl (C=O) groups is 1. The van der Waals surface area contributed by atoms with Crippen LogP contribution < -0.4 is 0 Å². The van der Waals surface area contributed by atoms with Crippen LogP contribution in [-0.2, 0) is 4.74 Å². The zero-order valence-corrected chi connectivity index (χ0v) is 12.5. The third-order valence-corrected chi connectivity index (χ3v) is 4.08. The van der Waals surface area contributed by atoms with Crippen molar-refractivity contribution in [3.63, 3.8) is 0 Å². The Morgan fingerprint density at radius 1 is 1.50 bits per heavy atom. The van der Waals surface area contributed by atoms with E-state index in [4.69, 9.17) is 4.74 Å². The number of nitrogens with zero attached hydrogens (tertiary/aromatic N) is 1. The smallest absolute Gasteiger partial charge is 0.254 e. The van der Waals surface area contributed by atoms with Crippen molar-refractivity contribution < 1.29 is 9.53 Å². The van der Waals surface area contributed by atoms with Gasteiger partial charge in [0.1, 0.15) is 0 Å². The van der Waals surface area contributed by atoms with Gasteiger partial charge in [0.25, 0.3) is 5.91 Å². The summed E-state index contributed by atoms with van der Waals surface area (Å²) in [6, 6.07) is 5.97. The molecule has 0 saturated carbocycles. The summed E-state index contributed by atoms with van der Waals surface area (Å²) in [5.41, 5.74) is 1.76. The fourth-order valence-corrected chi connectivity index (χ4v) is 2.76. The number of amides is 1. The number of ether oxygens (including phenoxy) is 1. The Labute approximate surface area is 116 Å². The number of likely N-dealkylation sites (N-methyl/N-ethyl adjacent to an activating group) is 1. The van der Waals surface area contributed by atoms with Gasteiger partial charge in [-0.1, -0.05) is 22.0 Å². The Hall–Kier alpha value is -0.870. The molecule has 1 saturated heterocycles. The van der Waals surface area contributed by atoms with Crippen molar-refractivity contribution in [1.29, 1.82) is 0 Å². The average molecular weight is 312 g/mol. The number of carbonyl (C=O) groups excluding carboxylic acids is 1. The second-order valence-corrected chi connectivity index (χ2v) is 5.72. The summed E-state index contributed by atoms with van der Waals surface area (Å²) in [5, 5.41) is 0. The third kappa shape index (κ3) is 2.59. The van der Waals surface area contributed by atoms with Crippen LogP contribution in [0.1, 0.15) is 29.3 Å². The standard InChI is InChI=1S/C14H18BrNO2/c1-9-4-5-11(15)8-12(9)14(17)16(3)13-6-7-18-10(13)2/h4-5,8,10,13H,6-7H2,1-3H3. The average Bonchev–Trinajstić information content (AvgIpc) is 2.77. The summed E-state index contributed by atoms with van der Waals surface area (Å²) in [7, 11) is 1.86. The van der Waals surface area contributed by atoms with E-state index in [-0.39, 0.29) is 18.1 Å². The highest BCUT2D eigenvalue weighted by molar-refractivity contribution is 9.10. The van der Waals surface area contributed by atoms with Crippen LogP contribution in [0.2, 0.25) is 0 Å². The van der Waals surface area contributed by atoms with Crippen molar-refractivity contribution in [1.82, 2.24) is 4.90 Å². The fraction of sp³-hybridized carbons (Fsp3) is 0.500. The number of benzene rings is 1. The van der Waals surface area contributed by atoms with Crippen molar-refractivity contribution in [3.8, 4) is 0 Å². The van der Waals surface area contributed by atoms with Crippen molar-refractivity contribution in [3.05, 3.63) is 33.8 Å². The molecule has 1 amide bonds. The van der Waals surface area contributed by atoms with E-state index < -0.39 is 0 Å². The van der Waals surface area contributed by atoms with E-state index >= 15 is 0 Å². The van der Waals surface area contributed by atoms with E-state index in [0.717, 1.165) is 28.6 Å². The lowest BCUT2D eigenvalue weighted by Gasteiger charge is -2.27. The monoisotopic (exact) mass is 311 g/mol. The van der Waals surface area contributed by atoms with Crippen molar-refractivity contribution >= 4 is 21.8 Å². The Balaban J connectivity index is 2.22. The van der Waals surface area contributed by atoms with Crippen LogP contribution >= 0.6 is 15.9 Å². The second-order valence-electron chi connectivity index (χ2n) is 4.81. The fourth-order valence-electron chi connectivity index (χ4n) is 2.39. The largest absolute Gasteiger partial charge is 0.376 e. The minimum absolute atomic E-state index is 0.0659. The molecule has 0 aliphatic carbocycles. The Morgan fingerprint density at radius 2 is 2.22 bits per heavy atom. The van der Waals surface area contributed by atoms with Crippen LogP contribution in [0.5, 0.6) is 0 Å². The molecule has 4 heteroatoms. The molecule has 0 N–H and O–H groups in total. The van der Waals surface area contributed by atoms with Gasteiger partial charge in [-0.2, -0.15) is 0 Å². The van der Waals surface area contributed by atoms with Crippen molar-refractivity contribution in [2.45, 2.75) is 32.4 Å². The molecule has 1 fully saturated rings. The normalized spacial score (nSPS) is 23.1. The van der Waals surface area contributed by atoms with Crippen LogP contribution in [-0.4, -0.2) is 36.6 Å². The number of aryl methyl sites for hydroxylation is 1. The van der Waals surface area contributed by atoms with E-state index in [2.05, 4.69) is 15.9 Å². The first-order chi connectivity index (χ1) is 8.50. The molecule has 0 radical (unpaired) electrons. The molecule has 1 aromatic rings. The first kappa shape index (κ1) is 13.6. The summed E-state index contributed by atoms with van der Waals surface area (Å²) in [4.78, 5) is 14.3. The molecule has 2 unspecified atom stereocenters. The molecule has 1 aromatic carbocycles. The van der Waals surface area contributed by atoms with Crippen LogP contribution in [0.3, 0.4) is 0 Å². The molecule has 1 aliphatic rings. The van der Waals surface area contributed by atoms with Crippen LogP contribution in [0, 0.1) is 6.92 Å². The lowest BCUT2D eigenvalue weighted by molar-refractivity contribution is 0.0574. The summed E-state index contributed by atoms with van der Waals surface area (Å²) in [6.45, 7) is 4.72. The van der Waals surface area contributed by atoms with E-state index in [1.54, 1.807) is 0 Å². The number of rotatable bonds is 2. The molecule has 0 bridgehead atoms. The molecule has 0 aromatic heterocycles. The summed E-state index contributed by atoms with van der Waals surface area (Å²) >= 11 is 3.41. The molecule has 18 heavy (non-hydrogen) atoms. The SMILES string of the molecule is Cc1ccc(Br)cc1C(=O)N(C)C1CCOC1C. The molecule has 1 aliphatic heterocycles. The zero-order chi connectivity index (χ0) is 13.3. The summed E-state index contributed by atoms with van der Waals surface area (Å²) in [5.74, 6) is 0.0659. The zero-order valence-electron chi connectivity index (χ0n) is 10.9. The first-order valence-corrected chi connectivity index (χ1v) is 6.95. The Kier molecular flexibility index (Phi) is 4.07. The molecule has 2 rings (SSSR count). The number of halogens is 1. The molecule has 1 heterocycles. The van der Waals surface area contributed by atoms with Crippen molar-refractivity contribution in [2.24, 2.45) is 0 Å². The molecule has 98 valence electrons. The van der Waals surface area contributed by atoms with Crippen LogP contribution in [0.25, 0.3) is 0 Å². The van der Waals surface area contributed by atoms with Gasteiger partial charge in [-0.25, -0.2) is 0 Å². The summed E-state index contributed by atoms with van der Waals surface area (Å²) in [6.07, 6.45) is 1.03. The lowest BCUT2D eigenvalue weighted by atomic mass is 10.1. The first-order valence-electron chi connectivity index (χ1n) is 6.15. The van der Waals surface area contributed by atoms with Gasteiger partial charge in [0.2, 0.25) is 0 Å². The van der Waals surface area contributed by atoms with E-state index in [9.17, 15) is 4.79 Å². The highest BCUT2D eigenvalue weighted by atomic mass is 79.9. The highest BCUT2D eigenvalue weighted by Gasteiger charge is 2.31. The van der Waals surface area contributed by atoms with Gasteiger partial charge in [-0.05, 0) is 38.0 Å². The quantitative estimate of drug-likeness (QED) is 0.840. The molecular weight excluding hydrogens is 294 g/mol. The summed E-state index contributed by atoms with van der Waals surface area (Å²) < 4.78 is 6.45. The molecule has 3 nitrogen and oxygen atoms in total. The predicted molar refractivity (Wildman–Crippen MR) is 74.8 cm³/mol. The lowest BCUT2D eigenvalue weighted by Crippen LogP contribution is -2.41. The predicted octanol–water partition coefficient (Wildman–Crippen LogP) is 3.01. The van der Waals surface area contributed by atoms with Gasteiger partial charge < -0.3 is 9.64 Å². The third-order valence-electron chi connectivity index (χ3n) is 3.58. The maximum atomic E-state index is 12.5. The number of hydrogen-bond donors (Lipinski definition) is 0. The molecular formula is C14H18BrNO2. The minimum atomic E-state index is 0.0659. The maximum absolute atomic E-state index is 12.5. The second kappa shape index (κ2) is 5.41. The van der Waals surface area contributed by atoms with Crippen molar-refractivity contribution in [2.75, 3.05) is 13.7 Å². The van der Waals surface area contributed by atoms with Gasteiger partial charge in [-0.3, -0.25) is 4.79 Å². The topological polar surface area (TPSA) is 29.5 Å². The highest BCUT2D eigenvalue weighted by Crippen LogP contribution is 2.22. The minimum Gasteiger partial charge on any atom is -0.376 e. The van der Waals surface area contributed by atoms with E-state index in [1.807, 2.05) is 44.0 Å². The van der Waals surface area contributed by atoms with Gasteiger partial charge in [0.05, 0.1) is 12.1 Å². The number of hydrogen-bond acceptors (Lipinski definition) is 2. The Morgan fingerprint density at radius 3 is 2.83 bits per heavy atom. The van der Waals surface area contributed by atoms with Gasteiger partial charge in [-0.15, -0.1) is 0 Å². The molecule has 2 atom stereocenters. The molecule has 0 spiro atoms. The Bertz CT molecular complexity index is 461. The van der Waals surface area contributed by atoms with E-state index in [1.165, 1.54) is 0 Å². The van der Waals surface area contributed by atoms with Crippen LogP contribution in [0.4, 0.5) is 0 Å². The van der Waals surface area contributed by atoms with Gasteiger partial charge in [0, 0.05) is 23.7 Å². The van der Waals surface area contributed by atoms with Crippen LogP contribution in [0.15, 0.2) is 22.7 Å². The van der Waals surface area contributed by atoms with Gasteiger partial charge >= 0.3 is 0 Å². The van der Waals surface area contributed by atoms with E-state index in [0.29, 0.717) is 0 Å².